The summed E-state index contributed by atoms with van der Waals surface area (Å²) in [5.74, 6) is 0. The maximum Gasteiger partial charge on any atom is 0.295 e. The molecule has 0 fully saturated rings. The lowest BCUT2D eigenvalue weighted by Gasteiger charge is -2.08. The van der Waals surface area contributed by atoms with E-state index in [0.29, 0.717) is 12.1 Å². The van der Waals surface area contributed by atoms with Crippen molar-refractivity contribution in [2.45, 2.75) is 13.5 Å². The minimum atomic E-state index is -0.401. The van der Waals surface area contributed by atoms with Gasteiger partial charge in [-0.3, -0.25) is 10.1 Å². The zero-order chi connectivity index (χ0) is 14.8. The molecule has 1 N–H and O–H groups in total. The Morgan fingerprint density at radius 2 is 2.14 bits per heavy atom. The number of benzene rings is 1. The topological polar surface area (TPSA) is 68.1 Å². The van der Waals surface area contributed by atoms with Crippen LogP contribution >= 0.6 is 11.3 Å². The van der Waals surface area contributed by atoms with Gasteiger partial charge in [0.1, 0.15) is 5.52 Å². The summed E-state index contributed by atoms with van der Waals surface area (Å²) in [7, 11) is 0. The molecule has 2 heterocycles. The molecule has 0 amide bonds. The van der Waals surface area contributed by atoms with E-state index in [1.54, 1.807) is 23.6 Å². The maximum absolute atomic E-state index is 11.1. The van der Waals surface area contributed by atoms with Crippen molar-refractivity contribution in [3.05, 3.63) is 62.5 Å². The summed E-state index contributed by atoms with van der Waals surface area (Å²) in [5, 5.41) is 15.2. The molecule has 0 bridgehead atoms. The predicted octanol–water partition coefficient (Wildman–Crippen LogP) is 4.13. The van der Waals surface area contributed by atoms with Crippen molar-refractivity contribution in [2.75, 3.05) is 5.32 Å². The number of nitrogens with zero attached hydrogens (tertiary/aromatic N) is 2. The number of non-ortho nitro benzene ring substituents is 1. The van der Waals surface area contributed by atoms with E-state index in [0.717, 1.165) is 11.1 Å². The highest BCUT2D eigenvalue weighted by atomic mass is 32.1. The van der Waals surface area contributed by atoms with Crippen molar-refractivity contribution < 1.29 is 4.92 Å². The zero-order valence-electron chi connectivity index (χ0n) is 11.4. The quantitative estimate of drug-likeness (QED) is 0.581. The van der Waals surface area contributed by atoms with Crippen LogP contribution in [0.4, 0.5) is 11.4 Å². The van der Waals surface area contributed by atoms with Crippen molar-refractivity contribution in [1.82, 2.24) is 4.98 Å². The predicted molar refractivity (Wildman–Crippen MR) is 84.8 cm³/mol. The first-order chi connectivity index (χ1) is 10.1. The van der Waals surface area contributed by atoms with Gasteiger partial charge in [0.15, 0.2) is 0 Å². The lowest BCUT2D eigenvalue weighted by molar-refractivity contribution is -0.383. The SMILES string of the molecule is Cc1ccc(CNc2ccnc3c([N+](=O)[O-])cccc23)s1. The number of pyridine rings is 1. The molecule has 0 radical (unpaired) electrons. The van der Waals surface area contributed by atoms with Gasteiger partial charge in [0, 0.05) is 39.6 Å². The molecular weight excluding hydrogens is 286 g/mol. The summed E-state index contributed by atoms with van der Waals surface area (Å²) in [4.78, 5) is 17.3. The standard InChI is InChI=1S/C15H13N3O2S/c1-10-5-6-11(21-10)9-17-13-7-8-16-15-12(13)3-2-4-14(15)18(19)20/h2-8H,9H2,1H3,(H,16,17). The van der Waals surface area contributed by atoms with Gasteiger partial charge in [0.25, 0.3) is 5.69 Å². The van der Waals surface area contributed by atoms with Gasteiger partial charge in [0.05, 0.1) is 4.92 Å². The third-order valence-corrected chi connectivity index (χ3v) is 4.20. The number of anilines is 1. The minimum Gasteiger partial charge on any atom is -0.380 e. The Kier molecular flexibility index (Phi) is 3.53. The van der Waals surface area contributed by atoms with E-state index < -0.39 is 4.92 Å². The van der Waals surface area contributed by atoms with Gasteiger partial charge in [-0.05, 0) is 25.1 Å². The first-order valence-corrected chi connectivity index (χ1v) is 7.28. The van der Waals surface area contributed by atoms with Crippen LogP contribution in [0.5, 0.6) is 0 Å². The molecule has 1 aromatic carbocycles. The molecule has 0 aliphatic carbocycles. The van der Waals surface area contributed by atoms with Crippen LogP contribution < -0.4 is 5.32 Å². The number of nitro groups is 1. The number of thiophene rings is 1. The van der Waals surface area contributed by atoms with Crippen LogP contribution in [0.1, 0.15) is 9.75 Å². The maximum atomic E-state index is 11.1. The van der Waals surface area contributed by atoms with Gasteiger partial charge in [0.2, 0.25) is 0 Å². The van der Waals surface area contributed by atoms with Gasteiger partial charge < -0.3 is 5.32 Å². The number of aromatic nitrogens is 1. The highest BCUT2D eigenvalue weighted by Crippen LogP contribution is 2.29. The van der Waals surface area contributed by atoms with E-state index in [-0.39, 0.29) is 5.69 Å². The monoisotopic (exact) mass is 299 g/mol. The molecule has 0 unspecified atom stereocenters. The zero-order valence-corrected chi connectivity index (χ0v) is 12.2. The molecule has 0 saturated carbocycles. The van der Waals surface area contributed by atoms with Crippen LogP contribution in [-0.2, 0) is 6.54 Å². The van der Waals surface area contributed by atoms with Gasteiger partial charge in [-0.2, -0.15) is 0 Å². The molecule has 0 aliphatic rings. The Hall–Kier alpha value is -2.47. The Bertz CT molecular complexity index is 814. The summed E-state index contributed by atoms with van der Waals surface area (Å²) in [5.41, 5.74) is 1.30. The van der Waals surface area contributed by atoms with Crippen molar-refractivity contribution >= 4 is 33.6 Å². The van der Waals surface area contributed by atoms with Crippen molar-refractivity contribution in [1.29, 1.82) is 0 Å². The van der Waals surface area contributed by atoms with E-state index in [1.807, 2.05) is 12.1 Å². The van der Waals surface area contributed by atoms with E-state index in [9.17, 15) is 10.1 Å². The largest absolute Gasteiger partial charge is 0.380 e. The second-order valence-corrected chi connectivity index (χ2v) is 6.03. The summed E-state index contributed by atoms with van der Waals surface area (Å²) < 4.78 is 0. The average Bonchev–Trinajstić information content (AvgIpc) is 2.90. The molecular formula is C15H13N3O2S. The summed E-state index contributed by atoms with van der Waals surface area (Å²) in [6.45, 7) is 2.76. The number of aryl methyl sites for hydroxylation is 1. The molecule has 0 saturated heterocycles. The third kappa shape index (κ3) is 2.71. The van der Waals surface area contributed by atoms with E-state index in [2.05, 4.69) is 29.4 Å². The number of nitro benzene ring substituents is 1. The van der Waals surface area contributed by atoms with Crippen LogP contribution in [0.25, 0.3) is 10.9 Å². The van der Waals surface area contributed by atoms with Crippen LogP contribution in [0.15, 0.2) is 42.6 Å². The first kappa shape index (κ1) is 13.5. The fourth-order valence-corrected chi connectivity index (χ4v) is 3.05. The van der Waals surface area contributed by atoms with Crippen molar-refractivity contribution in [2.24, 2.45) is 0 Å². The van der Waals surface area contributed by atoms with Gasteiger partial charge in [-0.15, -0.1) is 11.3 Å². The highest BCUT2D eigenvalue weighted by Gasteiger charge is 2.14. The Morgan fingerprint density at radius 3 is 2.86 bits per heavy atom. The Balaban J connectivity index is 1.95. The molecule has 0 spiro atoms. The lowest BCUT2D eigenvalue weighted by Crippen LogP contribution is -1.99. The molecule has 5 nitrogen and oxygen atoms in total. The van der Waals surface area contributed by atoms with Crippen LogP contribution in [-0.4, -0.2) is 9.91 Å². The molecule has 21 heavy (non-hydrogen) atoms. The molecule has 0 atom stereocenters. The van der Waals surface area contributed by atoms with E-state index >= 15 is 0 Å². The van der Waals surface area contributed by atoms with Gasteiger partial charge >= 0.3 is 0 Å². The molecule has 0 aliphatic heterocycles. The fourth-order valence-electron chi connectivity index (χ4n) is 2.22. The van der Waals surface area contributed by atoms with Crippen molar-refractivity contribution in [3.8, 4) is 0 Å². The first-order valence-electron chi connectivity index (χ1n) is 6.46. The second-order valence-electron chi connectivity index (χ2n) is 4.65. The summed E-state index contributed by atoms with van der Waals surface area (Å²) in [6, 6.07) is 11.0. The molecule has 2 aromatic heterocycles. The van der Waals surface area contributed by atoms with Crippen LogP contribution in [0, 0.1) is 17.0 Å². The average molecular weight is 299 g/mol. The number of fused-ring (bicyclic) bond motifs is 1. The number of nitrogens with one attached hydrogen (secondary N) is 1. The molecule has 3 rings (SSSR count). The van der Waals surface area contributed by atoms with Crippen LogP contribution in [0.3, 0.4) is 0 Å². The summed E-state index contributed by atoms with van der Waals surface area (Å²) in [6.07, 6.45) is 1.59. The minimum absolute atomic E-state index is 0.0307. The van der Waals surface area contributed by atoms with Gasteiger partial charge in [-0.1, -0.05) is 12.1 Å². The number of hydrogen-bond donors (Lipinski definition) is 1. The normalized spacial score (nSPS) is 10.7. The number of rotatable bonds is 4. The van der Waals surface area contributed by atoms with Gasteiger partial charge in [-0.25, -0.2) is 4.98 Å². The third-order valence-electron chi connectivity index (χ3n) is 3.20. The summed E-state index contributed by atoms with van der Waals surface area (Å²) >= 11 is 1.73. The van der Waals surface area contributed by atoms with Crippen LogP contribution in [0.2, 0.25) is 0 Å². The molecule has 3 aromatic rings. The smallest absolute Gasteiger partial charge is 0.295 e. The number of hydrogen-bond acceptors (Lipinski definition) is 5. The Labute approximate surface area is 125 Å². The molecule has 106 valence electrons. The van der Waals surface area contributed by atoms with E-state index in [4.69, 9.17) is 0 Å². The number of para-hydroxylation sites is 1. The fraction of sp³-hybridized carbons (Fsp3) is 0.133. The highest BCUT2D eigenvalue weighted by molar-refractivity contribution is 7.11. The Morgan fingerprint density at radius 1 is 1.29 bits per heavy atom. The lowest BCUT2D eigenvalue weighted by atomic mass is 10.1. The van der Waals surface area contributed by atoms with Crippen molar-refractivity contribution in [3.63, 3.8) is 0 Å². The van der Waals surface area contributed by atoms with E-state index in [1.165, 1.54) is 15.8 Å². The second kappa shape index (κ2) is 5.49. The molecule has 6 heteroatoms.